The lowest BCUT2D eigenvalue weighted by atomic mass is 10.2. The average molecular weight is 398 g/mol. The van der Waals surface area contributed by atoms with Crippen molar-refractivity contribution in [2.45, 2.75) is 5.75 Å². The molecule has 0 aromatic heterocycles. The molecule has 3 nitrogen and oxygen atoms in total. The molecule has 0 bridgehead atoms. The lowest BCUT2D eigenvalue weighted by Gasteiger charge is -2.03. The summed E-state index contributed by atoms with van der Waals surface area (Å²) in [5.41, 5.74) is 4.46. The molecule has 0 unspecified atom stereocenters. The zero-order valence-corrected chi connectivity index (χ0v) is 14.8. The van der Waals surface area contributed by atoms with Gasteiger partial charge in [-0.25, -0.2) is 5.43 Å². The smallest absolute Gasteiger partial charge is 0.250 e. The first-order valence-electron chi connectivity index (χ1n) is 6.54. The Morgan fingerprint density at radius 2 is 1.95 bits per heavy atom. The van der Waals surface area contributed by atoms with Gasteiger partial charge in [0.1, 0.15) is 0 Å². The van der Waals surface area contributed by atoms with Gasteiger partial charge in [-0.3, -0.25) is 4.79 Å². The zero-order chi connectivity index (χ0) is 15.8. The van der Waals surface area contributed by atoms with E-state index in [1.807, 2.05) is 48.5 Å². The molecule has 0 heterocycles. The number of hydrogen-bond donors (Lipinski definition) is 1. The SMILES string of the molecule is O=C(CSCc1ccccc1Cl)NN=Cc1ccc(Br)cc1. The molecule has 2 rings (SSSR count). The van der Waals surface area contributed by atoms with E-state index in [0.717, 1.165) is 20.6 Å². The summed E-state index contributed by atoms with van der Waals surface area (Å²) in [5.74, 6) is 0.900. The third-order valence-electron chi connectivity index (χ3n) is 2.72. The summed E-state index contributed by atoms with van der Waals surface area (Å²) in [6, 6.07) is 15.3. The summed E-state index contributed by atoms with van der Waals surface area (Å²) in [6.45, 7) is 0. The fourth-order valence-electron chi connectivity index (χ4n) is 1.63. The molecule has 0 fully saturated rings. The second kappa shape index (κ2) is 8.98. The Balaban J connectivity index is 1.72. The maximum atomic E-state index is 11.7. The van der Waals surface area contributed by atoms with Gasteiger partial charge in [-0.1, -0.05) is 57.9 Å². The number of carbonyl (C=O) groups excluding carboxylic acids is 1. The number of thioether (sulfide) groups is 1. The van der Waals surface area contributed by atoms with E-state index in [2.05, 4.69) is 26.5 Å². The Morgan fingerprint density at radius 1 is 1.23 bits per heavy atom. The molecule has 0 saturated carbocycles. The number of amides is 1. The van der Waals surface area contributed by atoms with Gasteiger partial charge in [-0.15, -0.1) is 11.8 Å². The van der Waals surface area contributed by atoms with Crippen LogP contribution in [-0.4, -0.2) is 17.9 Å². The maximum absolute atomic E-state index is 11.7. The minimum absolute atomic E-state index is 0.134. The van der Waals surface area contributed by atoms with Crippen LogP contribution in [0, 0.1) is 0 Å². The Hall–Kier alpha value is -1.30. The molecule has 2 aromatic rings. The number of halogens is 2. The topological polar surface area (TPSA) is 41.5 Å². The maximum Gasteiger partial charge on any atom is 0.250 e. The molecule has 0 spiro atoms. The normalized spacial score (nSPS) is 10.8. The second-order valence-corrected chi connectivity index (χ2v) is 6.74. The second-order valence-electron chi connectivity index (χ2n) is 4.43. The van der Waals surface area contributed by atoms with Crippen molar-refractivity contribution in [1.29, 1.82) is 0 Å². The van der Waals surface area contributed by atoms with Gasteiger partial charge in [0.25, 0.3) is 0 Å². The Labute approximate surface area is 147 Å². The summed E-state index contributed by atoms with van der Waals surface area (Å²) in [6.07, 6.45) is 1.61. The van der Waals surface area contributed by atoms with Crippen molar-refractivity contribution in [1.82, 2.24) is 5.43 Å². The molecule has 1 N–H and O–H groups in total. The first-order valence-corrected chi connectivity index (χ1v) is 8.86. The van der Waals surface area contributed by atoms with Crippen molar-refractivity contribution in [3.8, 4) is 0 Å². The minimum atomic E-state index is -0.134. The van der Waals surface area contributed by atoms with Gasteiger partial charge < -0.3 is 0 Å². The van der Waals surface area contributed by atoms with Crippen molar-refractivity contribution >= 4 is 51.4 Å². The summed E-state index contributed by atoms with van der Waals surface area (Å²) in [5, 5.41) is 4.66. The van der Waals surface area contributed by atoms with Gasteiger partial charge in [0.15, 0.2) is 0 Å². The molecule has 2 aromatic carbocycles. The highest BCUT2D eigenvalue weighted by Gasteiger charge is 2.03. The molecule has 1 amide bonds. The third kappa shape index (κ3) is 5.83. The van der Waals surface area contributed by atoms with Crippen LogP contribution in [0.4, 0.5) is 0 Å². The molecule has 22 heavy (non-hydrogen) atoms. The van der Waals surface area contributed by atoms with Crippen molar-refractivity contribution < 1.29 is 4.79 Å². The van der Waals surface area contributed by atoms with E-state index < -0.39 is 0 Å². The molecule has 114 valence electrons. The van der Waals surface area contributed by atoms with Crippen molar-refractivity contribution in [3.63, 3.8) is 0 Å². The Kier molecular flexibility index (Phi) is 6.96. The quantitative estimate of drug-likeness (QED) is 0.576. The van der Waals surface area contributed by atoms with Gasteiger partial charge in [0, 0.05) is 15.2 Å². The number of nitrogens with one attached hydrogen (secondary N) is 1. The van der Waals surface area contributed by atoms with Crippen LogP contribution in [-0.2, 0) is 10.5 Å². The first-order chi connectivity index (χ1) is 10.6. The van der Waals surface area contributed by atoms with E-state index in [-0.39, 0.29) is 5.91 Å². The number of nitrogens with zero attached hydrogens (tertiary/aromatic N) is 1. The first kappa shape index (κ1) is 17.1. The van der Waals surface area contributed by atoms with Gasteiger partial charge in [0.05, 0.1) is 12.0 Å². The monoisotopic (exact) mass is 396 g/mol. The number of hydrogen-bond acceptors (Lipinski definition) is 3. The van der Waals surface area contributed by atoms with Crippen LogP contribution in [0.15, 0.2) is 58.1 Å². The number of hydrazone groups is 1. The van der Waals surface area contributed by atoms with Gasteiger partial charge >= 0.3 is 0 Å². The van der Waals surface area contributed by atoms with Crippen LogP contribution >= 0.6 is 39.3 Å². The molecule has 0 aliphatic carbocycles. The molecule has 0 aliphatic heterocycles. The zero-order valence-electron chi connectivity index (χ0n) is 11.6. The predicted molar refractivity (Wildman–Crippen MR) is 97.5 cm³/mol. The van der Waals surface area contributed by atoms with E-state index in [4.69, 9.17) is 11.6 Å². The van der Waals surface area contributed by atoms with Gasteiger partial charge in [-0.2, -0.15) is 5.10 Å². The fourth-order valence-corrected chi connectivity index (χ4v) is 3.00. The Morgan fingerprint density at radius 3 is 2.68 bits per heavy atom. The summed E-state index contributed by atoms with van der Waals surface area (Å²) in [4.78, 5) is 11.7. The molecule has 0 aliphatic rings. The van der Waals surface area contributed by atoms with Crippen molar-refractivity contribution in [2.24, 2.45) is 5.10 Å². The standard InChI is InChI=1S/C16H14BrClN2OS/c17-14-7-5-12(6-8-14)9-19-20-16(21)11-22-10-13-3-1-2-4-15(13)18/h1-9H,10-11H2,(H,20,21). The molecule has 6 heteroatoms. The lowest BCUT2D eigenvalue weighted by Crippen LogP contribution is -2.19. The van der Waals surface area contributed by atoms with Crippen molar-refractivity contribution in [2.75, 3.05) is 5.75 Å². The Bertz CT molecular complexity index is 661. The highest BCUT2D eigenvalue weighted by Crippen LogP contribution is 2.20. The summed E-state index contributed by atoms with van der Waals surface area (Å²) < 4.78 is 1.00. The molecular formula is C16H14BrClN2OS. The highest BCUT2D eigenvalue weighted by molar-refractivity contribution is 9.10. The molecule has 0 radical (unpaired) electrons. The third-order valence-corrected chi connectivity index (χ3v) is 4.60. The van der Waals surface area contributed by atoms with E-state index in [0.29, 0.717) is 11.5 Å². The van der Waals surface area contributed by atoms with Gasteiger partial charge in [0.2, 0.25) is 5.91 Å². The van der Waals surface area contributed by atoms with Crippen LogP contribution in [0.25, 0.3) is 0 Å². The largest absolute Gasteiger partial charge is 0.272 e. The van der Waals surface area contributed by atoms with Crippen LogP contribution in [0.1, 0.15) is 11.1 Å². The van der Waals surface area contributed by atoms with Crippen LogP contribution in [0.3, 0.4) is 0 Å². The van der Waals surface area contributed by atoms with Crippen LogP contribution < -0.4 is 5.43 Å². The van der Waals surface area contributed by atoms with Crippen LogP contribution in [0.5, 0.6) is 0 Å². The summed E-state index contributed by atoms with van der Waals surface area (Å²) >= 11 is 10.9. The molecule has 0 atom stereocenters. The number of benzene rings is 2. The van der Waals surface area contributed by atoms with E-state index >= 15 is 0 Å². The minimum Gasteiger partial charge on any atom is -0.272 e. The highest BCUT2D eigenvalue weighted by atomic mass is 79.9. The molecule has 0 saturated heterocycles. The van der Waals surface area contributed by atoms with Crippen molar-refractivity contribution in [3.05, 3.63) is 69.2 Å². The lowest BCUT2D eigenvalue weighted by molar-refractivity contribution is -0.118. The van der Waals surface area contributed by atoms with Gasteiger partial charge in [-0.05, 0) is 29.3 Å². The number of rotatable bonds is 6. The average Bonchev–Trinajstić information content (AvgIpc) is 2.51. The number of carbonyl (C=O) groups is 1. The van der Waals surface area contributed by atoms with E-state index in [1.165, 1.54) is 11.8 Å². The predicted octanol–water partition coefficient (Wildman–Crippen LogP) is 4.49. The van der Waals surface area contributed by atoms with E-state index in [1.54, 1.807) is 6.21 Å². The van der Waals surface area contributed by atoms with Crippen LogP contribution in [0.2, 0.25) is 5.02 Å². The summed E-state index contributed by atoms with van der Waals surface area (Å²) in [7, 11) is 0. The molecular weight excluding hydrogens is 384 g/mol. The fraction of sp³-hybridized carbons (Fsp3) is 0.125. The van der Waals surface area contributed by atoms with E-state index in [9.17, 15) is 4.79 Å².